The Morgan fingerprint density at radius 1 is 1.40 bits per heavy atom. The average Bonchev–Trinajstić information content (AvgIpc) is 2.82. The molecule has 0 amide bonds. The normalized spacial score (nSPS) is 11.0. The Kier molecular flexibility index (Phi) is 1.82. The number of nitrogens with zero attached hydrogens (tertiary/aromatic N) is 2. The standard InChI is InChI=1S/C11H9N3S/c1-7-12-6-9-8(5-13-11(9)14-7)10-3-2-4-15-10/h2-6H,1H3,(H,12,13,14). The Labute approximate surface area is 90.8 Å². The Bertz CT molecular complexity index is 595. The first-order valence-corrected chi connectivity index (χ1v) is 5.57. The van der Waals surface area contributed by atoms with Crippen molar-refractivity contribution in [3.63, 3.8) is 0 Å². The van der Waals surface area contributed by atoms with E-state index >= 15 is 0 Å². The van der Waals surface area contributed by atoms with Crippen LogP contribution in [0.3, 0.4) is 0 Å². The van der Waals surface area contributed by atoms with Gasteiger partial charge in [-0.1, -0.05) is 6.07 Å². The van der Waals surface area contributed by atoms with Gasteiger partial charge >= 0.3 is 0 Å². The third-order valence-electron chi connectivity index (χ3n) is 2.34. The minimum absolute atomic E-state index is 0.794. The highest BCUT2D eigenvalue weighted by Crippen LogP contribution is 2.30. The van der Waals surface area contributed by atoms with Crippen molar-refractivity contribution in [1.29, 1.82) is 0 Å². The molecule has 3 nitrogen and oxygen atoms in total. The lowest BCUT2D eigenvalue weighted by Crippen LogP contribution is -1.85. The number of thiophene rings is 1. The molecule has 3 aromatic heterocycles. The number of fused-ring (bicyclic) bond motifs is 1. The smallest absolute Gasteiger partial charge is 0.141 e. The third-order valence-corrected chi connectivity index (χ3v) is 3.24. The highest BCUT2D eigenvalue weighted by Gasteiger charge is 2.07. The molecule has 0 saturated heterocycles. The van der Waals surface area contributed by atoms with Crippen LogP contribution < -0.4 is 0 Å². The van der Waals surface area contributed by atoms with E-state index in [1.54, 1.807) is 11.3 Å². The summed E-state index contributed by atoms with van der Waals surface area (Å²) in [5.74, 6) is 0.794. The van der Waals surface area contributed by atoms with Gasteiger partial charge in [-0.05, 0) is 18.4 Å². The van der Waals surface area contributed by atoms with E-state index in [0.29, 0.717) is 0 Å². The van der Waals surface area contributed by atoms with Crippen LogP contribution in [-0.4, -0.2) is 15.0 Å². The summed E-state index contributed by atoms with van der Waals surface area (Å²) in [6.45, 7) is 1.89. The number of nitrogens with one attached hydrogen (secondary N) is 1. The molecule has 0 aliphatic heterocycles. The van der Waals surface area contributed by atoms with Crippen LogP contribution in [0.1, 0.15) is 5.82 Å². The fourth-order valence-corrected chi connectivity index (χ4v) is 2.39. The second-order valence-electron chi connectivity index (χ2n) is 3.36. The molecule has 3 heterocycles. The second-order valence-corrected chi connectivity index (χ2v) is 4.31. The van der Waals surface area contributed by atoms with Crippen LogP contribution in [0.25, 0.3) is 21.5 Å². The Morgan fingerprint density at radius 2 is 2.33 bits per heavy atom. The van der Waals surface area contributed by atoms with Gasteiger partial charge in [-0.3, -0.25) is 0 Å². The highest BCUT2D eigenvalue weighted by atomic mass is 32.1. The van der Waals surface area contributed by atoms with Crippen molar-refractivity contribution >= 4 is 22.4 Å². The fraction of sp³-hybridized carbons (Fsp3) is 0.0909. The van der Waals surface area contributed by atoms with Gasteiger partial charge in [-0.15, -0.1) is 11.3 Å². The lowest BCUT2D eigenvalue weighted by Gasteiger charge is -1.94. The molecular weight excluding hydrogens is 206 g/mol. The molecule has 1 N–H and O–H groups in total. The summed E-state index contributed by atoms with van der Waals surface area (Å²) in [6.07, 6.45) is 3.87. The Hall–Kier alpha value is -1.68. The van der Waals surface area contributed by atoms with E-state index in [0.717, 1.165) is 16.9 Å². The van der Waals surface area contributed by atoms with Crippen LogP contribution in [0, 0.1) is 6.92 Å². The van der Waals surface area contributed by atoms with Crippen LogP contribution in [0.2, 0.25) is 0 Å². The minimum Gasteiger partial charge on any atom is -0.345 e. The van der Waals surface area contributed by atoms with Crippen molar-refractivity contribution < 1.29 is 0 Å². The third kappa shape index (κ3) is 1.34. The van der Waals surface area contributed by atoms with Gasteiger partial charge in [-0.2, -0.15) is 0 Å². The van der Waals surface area contributed by atoms with Crippen molar-refractivity contribution in [1.82, 2.24) is 15.0 Å². The Balaban J connectivity index is 2.29. The van der Waals surface area contributed by atoms with Crippen molar-refractivity contribution in [2.45, 2.75) is 6.92 Å². The van der Waals surface area contributed by atoms with Gasteiger partial charge in [0.25, 0.3) is 0 Å². The van der Waals surface area contributed by atoms with Crippen LogP contribution in [-0.2, 0) is 0 Å². The summed E-state index contributed by atoms with van der Waals surface area (Å²) in [6, 6.07) is 4.15. The zero-order chi connectivity index (χ0) is 10.3. The molecule has 0 unspecified atom stereocenters. The first kappa shape index (κ1) is 8.61. The molecule has 0 aliphatic carbocycles. The molecule has 0 radical (unpaired) electrons. The second kappa shape index (κ2) is 3.17. The zero-order valence-electron chi connectivity index (χ0n) is 8.19. The SMILES string of the molecule is Cc1ncc2c(-c3cccs3)c[nH]c2n1. The maximum absolute atomic E-state index is 4.34. The van der Waals surface area contributed by atoms with Crippen molar-refractivity contribution in [3.8, 4) is 10.4 Å². The predicted octanol–water partition coefficient (Wildman–Crippen LogP) is 2.99. The molecule has 0 fully saturated rings. The maximum Gasteiger partial charge on any atom is 0.141 e. The van der Waals surface area contributed by atoms with E-state index in [1.165, 1.54) is 10.4 Å². The number of hydrogen-bond acceptors (Lipinski definition) is 3. The van der Waals surface area contributed by atoms with E-state index in [4.69, 9.17) is 0 Å². The number of aromatic amines is 1. The van der Waals surface area contributed by atoms with Gasteiger partial charge in [0.1, 0.15) is 11.5 Å². The number of H-pyrrole nitrogens is 1. The zero-order valence-corrected chi connectivity index (χ0v) is 9.01. The van der Waals surface area contributed by atoms with Gasteiger partial charge in [0.2, 0.25) is 0 Å². The van der Waals surface area contributed by atoms with Crippen LogP contribution >= 0.6 is 11.3 Å². The monoisotopic (exact) mass is 215 g/mol. The first-order valence-electron chi connectivity index (χ1n) is 4.69. The Morgan fingerprint density at radius 3 is 3.13 bits per heavy atom. The number of aromatic nitrogens is 3. The van der Waals surface area contributed by atoms with Crippen molar-refractivity contribution in [2.24, 2.45) is 0 Å². The maximum atomic E-state index is 4.34. The highest BCUT2D eigenvalue weighted by molar-refractivity contribution is 7.13. The van der Waals surface area contributed by atoms with Crippen LogP contribution in [0.5, 0.6) is 0 Å². The van der Waals surface area contributed by atoms with Gasteiger partial charge in [0.05, 0.1) is 0 Å². The summed E-state index contributed by atoms with van der Waals surface area (Å²) >= 11 is 1.72. The van der Waals surface area contributed by atoms with Gasteiger partial charge in [0, 0.05) is 28.2 Å². The minimum atomic E-state index is 0.794. The lowest BCUT2D eigenvalue weighted by atomic mass is 10.2. The van der Waals surface area contributed by atoms with E-state index in [-0.39, 0.29) is 0 Å². The van der Waals surface area contributed by atoms with Gasteiger partial charge in [0.15, 0.2) is 0 Å². The van der Waals surface area contributed by atoms with Gasteiger partial charge in [-0.25, -0.2) is 9.97 Å². The molecule has 0 bridgehead atoms. The number of hydrogen-bond donors (Lipinski definition) is 1. The molecule has 3 aromatic rings. The van der Waals surface area contributed by atoms with Crippen molar-refractivity contribution in [3.05, 3.63) is 35.7 Å². The molecule has 0 saturated carbocycles. The topological polar surface area (TPSA) is 41.6 Å². The quantitative estimate of drug-likeness (QED) is 0.678. The molecule has 4 heteroatoms. The average molecular weight is 215 g/mol. The number of rotatable bonds is 1. The molecule has 74 valence electrons. The summed E-state index contributed by atoms with van der Waals surface area (Å²) in [5, 5.41) is 3.16. The largest absolute Gasteiger partial charge is 0.345 e. The first-order chi connectivity index (χ1) is 7.34. The predicted molar refractivity (Wildman–Crippen MR) is 61.9 cm³/mol. The van der Waals surface area contributed by atoms with E-state index < -0.39 is 0 Å². The molecule has 0 atom stereocenters. The molecular formula is C11H9N3S. The van der Waals surface area contributed by atoms with E-state index in [2.05, 4.69) is 26.4 Å². The summed E-state index contributed by atoms with van der Waals surface area (Å²) in [7, 11) is 0. The lowest BCUT2D eigenvalue weighted by molar-refractivity contribution is 1.08. The fourth-order valence-electron chi connectivity index (χ4n) is 1.63. The molecule has 3 rings (SSSR count). The number of aryl methyl sites for hydroxylation is 1. The summed E-state index contributed by atoms with van der Waals surface area (Å²) < 4.78 is 0. The van der Waals surface area contributed by atoms with Gasteiger partial charge < -0.3 is 4.98 Å². The van der Waals surface area contributed by atoms with Crippen LogP contribution in [0.15, 0.2) is 29.9 Å². The molecule has 0 aliphatic rings. The molecule has 15 heavy (non-hydrogen) atoms. The van der Waals surface area contributed by atoms with Crippen LogP contribution in [0.4, 0.5) is 0 Å². The molecule has 0 spiro atoms. The molecule has 0 aromatic carbocycles. The van der Waals surface area contributed by atoms with Crippen molar-refractivity contribution in [2.75, 3.05) is 0 Å². The van der Waals surface area contributed by atoms with E-state index in [9.17, 15) is 0 Å². The summed E-state index contributed by atoms with van der Waals surface area (Å²) in [5.41, 5.74) is 2.09. The van der Waals surface area contributed by atoms with E-state index in [1.807, 2.05) is 25.4 Å². The summed E-state index contributed by atoms with van der Waals surface area (Å²) in [4.78, 5) is 13.0.